The lowest BCUT2D eigenvalue weighted by Gasteiger charge is -2.46. The lowest BCUT2D eigenvalue weighted by Crippen LogP contribution is -2.68. The van der Waals surface area contributed by atoms with Crippen LogP contribution in [0.3, 0.4) is 0 Å². The van der Waals surface area contributed by atoms with Crippen LogP contribution < -0.4 is 10.6 Å². The van der Waals surface area contributed by atoms with Crippen molar-refractivity contribution in [3.8, 4) is 0 Å². The van der Waals surface area contributed by atoms with Crippen LogP contribution in [0, 0.1) is 23.5 Å². The summed E-state index contributed by atoms with van der Waals surface area (Å²) in [4.78, 5) is 42.8. The molecular weight excluding hydrogens is 476 g/mol. The number of carbonyl (C=O) groups excluding carboxylic acids is 3. The molecule has 0 aromatic heterocycles. The zero-order valence-corrected chi connectivity index (χ0v) is 22.0. The number of benzene rings is 2. The number of halogens is 2. The van der Waals surface area contributed by atoms with Crippen molar-refractivity contribution in [1.29, 1.82) is 0 Å². The molecule has 8 heteroatoms. The van der Waals surface area contributed by atoms with Gasteiger partial charge in [0, 0.05) is 17.2 Å². The Balaban J connectivity index is 1.81. The van der Waals surface area contributed by atoms with Gasteiger partial charge in [0.25, 0.3) is 0 Å². The Kier molecular flexibility index (Phi) is 7.40. The Morgan fingerprint density at radius 3 is 2.27 bits per heavy atom. The number of hydrogen-bond acceptors (Lipinski definition) is 3. The molecule has 0 bridgehead atoms. The summed E-state index contributed by atoms with van der Waals surface area (Å²) in [6, 6.07) is 7.56. The monoisotopic (exact) mass is 511 g/mol. The summed E-state index contributed by atoms with van der Waals surface area (Å²) >= 11 is 0. The van der Waals surface area contributed by atoms with Crippen LogP contribution in [0.15, 0.2) is 42.5 Å². The molecule has 2 N–H and O–H groups in total. The van der Waals surface area contributed by atoms with Crippen molar-refractivity contribution in [3.05, 3.63) is 70.8 Å². The number of carbonyl (C=O) groups is 3. The van der Waals surface area contributed by atoms with Gasteiger partial charge in [-0.15, -0.1) is 0 Å². The largest absolute Gasteiger partial charge is 0.349 e. The van der Waals surface area contributed by atoms with Crippen molar-refractivity contribution < 1.29 is 23.2 Å². The highest BCUT2D eigenvalue weighted by Gasteiger charge is 2.51. The number of nitrogens with one attached hydrogen (secondary N) is 2. The SMILES string of the molecule is CC[C@@H](C)[C@@H]1C(=O)N[C@H](C2Cc3ccccc3C2)C(=O)N1C(C(=O)NC(C)(C)C)c1ccc(F)cc1F. The normalized spacial score (nSPS) is 21.9. The first-order chi connectivity index (χ1) is 17.4. The Labute approximate surface area is 216 Å². The van der Waals surface area contributed by atoms with E-state index in [1.165, 1.54) is 11.0 Å². The Hall–Kier alpha value is -3.29. The van der Waals surface area contributed by atoms with Gasteiger partial charge in [-0.1, -0.05) is 50.6 Å². The van der Waals surface area contributed by atoms with Gasteiger partial charge in [-0.25, -0.2) is 8.78 Å². The van der Waals surface area contributed by atoms with Gasteiger partial charge < -0.3 is 15.5 Å². The maximum Gasteiger partial charge on any atom is 0.247 e. The molecule has 4 rings (SSSR count). The van der Waals surface area contributed by atoms with Crippen LogP contribution >= 0.6 is 0 Å². The van der Waals surface area contributed by atoms with Crippen molar-refractivity contribution >= 4 is 17.7 Å². The van der Waals surface area contributed by atoms with Gasteiger partial charge in [0.05, 0.1) is 0 Å². The molecule has 1 unspecified atom stereocenters. The molecule has 2 aliphatic rings. The van der Waals surface area contributed by atoms with E-state index in [0.29, 0.717) is 25.3 Å². The average Bonchev–Trinajstić information content (AvgIpc) is 3.25. The van der Waals surface area contributed by atoms with E-state index in [2.05, 4.69) is 10.6 Å². The molecule has 2 aromatic rings. The molecule has 2 aromatic carbocycles. The van der Waals surface area contributed by atoms with Crippen LogP contribution in [-0.4, -0.2) is 40.2 Å². The molecule has 4 atom stereocenters. The number of rotatable bonds is 6. The number of hydrogen-bond donors (Lipinski definition) is 2. The van der Waals surface area contributed by atoms with Gasteiger partial charge in [-0.05, 0) is 62.6 Å². The van der Waals surface area contributed by atoms with Gasteiger partial charge in [0.2, 0.25) is 17.7 Å². The minimum Gasteiger partial charge on any atom is -0.349 e. The molecule has 1 aliphatic carbocycles. The third kappa shape index (κ3) is 5.38. The number of fused-ring (bicyclic) bond motifs is 1. The molecule has 1 aliphatic heterocycles. The zero-order valence-electron chi connectivity index (χ0n) is 22.0. The molecule has 0 saturated carbocycles. The second-order valence-electron chi connectivity index (χ2n) is 11.3. The molecule has 1 heterocycles. The quantitative estimate of drug-likeness (QED) is 0.614. The van der Waals surface area contributed by atoms with Crippen molar-refractivity contribution in [2.24, 2.45) is 11.8 Å². The van der Waals surface area contributed by atoms with E-state index in [9.17, 15) is 18.8 Å². The fourth-order valence-electron chi connectivity index (χ4n) is 5.49. The lowest BCUT2D eigenvalue weighted by molar-refractivity contribution is -0.159. The summed E-state index contributed by atoms with van der Waals surface area (Å²) in [6.07, 6.45) is 1.78. The molecular formula is C29H35F2N3O3. The van der Waals surface area contributed by atoms with Gasteiger partial charge in [-0.2, -0.15) is 0 Å². The molecule has 1 fully saturated rings. The summed E-state index contributed by atoms with van der Waals surface area (Å²) < 4.78 is 29.0. The van der Waals surface area contributed by atoms with Crippen molar-refractivity contribution in [2.45, 2.75) is 77.5 Å². The molecule has 3 amide bonds. The molecule has 1 saturated heterocycles. The third-order valence-electron chi connectivity index (χ3n) is 7.41. The fraction of sp³-hybridized carbons (Fsp3) is 0.483. The minimum absolute atomic E-state index is 0.145. The second-order valence-corrected chi connectivity index (χ2v) is 11.3. The van der Waals surface area contributed by atoms with Crippen molar-refractivity contribution in [3.63, 3.8) is 0 Å². The van der Waals surface area contributed by atoms with E-state index in [1.807, 2.05) is 38.1 Å². The third-order valence-corrected chi connectivity index (χ3v) is 7.41. The fourth-order valence-corrected chi connectivity index (χ4v) is 5.49. The van der Waals surface area contributed by atoms with Gasteiger partial charge >= 0.3 is 0 Å². The van der Waals surface area contributed by atoms with Crippen LogP contribution in [0.1, 0.15) is 63.8 Å². The number of nitrogens with zero attached hydrogens (tertiary/aromatic N) is 1. The van der Waals surface area contributed by atoms with Crippen LogP contribution in [0.2, 0.25) is 0 Å². The van der Waals surface area contributed by atoms with Crippen molar-refractivity contribution in [2.75, 3.05) is 0 Å². The highest BCUT2D eigenvalue weighted by molar-refractivity contribution is 6.00. The number of piperazine rings is 1. The topological polar surface area (TPSA) is 78.5 Å². The average molecular weight is 512 g/mol. The Bertz CT molecular complexity index is 1180. The molecule has 37 heavy (non-hydrogen) atoms. The van der Waals surface area contributed by atoms with Crippen LogP contribution in [0.25, 0.3) is 0 Å². The van der Waals surface area contributed by atoms with Gasteiger partial charge in [0.1, 0.15) is 29.8 Å². The maximum atomic E-state index is 15.2. The van der Waals surface area contributed by atoms with E-state index in [0.717, 1.165) is 17.2 Å². The number of amides is 3. The van der Waals surface area contributed by atoms with E-state index in [-0.39, 0.29) is 23.3 Å². The maximum absolute atomic E-state index is 15.2. The first-order valence-electron chi connectivity index (χ1n) is 12.9. The predicted molar refractivity (Wildman–Crippen MR) is 136 cm³/mol. The van der Waals surface area contributed by atoms with E-state index < -0.39 is 47.1 Å². The molecule has 0 spiro atoms. The lowest BCUT2D eigenvalue weighted by atomic mass is 9.85. The second kappa shape index (κ2) is 10.2. The highest BCUT2D eigenvalue weighted by Crippen LogP contribution is 2.37. The first kappa shape index (κ1) is 26.8. The van der Waals surface area contributed by atoms with E-state index in [4.69, 9.17) is 0 Å². The highest BCUT2D eigenvalue weighted by atomic mass is 19.1. The molecule has 198 valence electrons. The van der Waals surface area contributed by atoms with Gasteiger partial charge in [0.15, 0.2) is 0 Å². The van der Waals surface area contributed by atoms with Crippen LogP contribution in [-0.2, 0) is 27.2 Å². The zero-order chi connectivity index (χ0) is 27.1. The van der Waals surface area contributed by atoms with E-state index >= 15 is 4.39 Å². The summed E-state index contributed by atoms with van der Waals surface area (Å²) in [5.74, 6) is -3.66. The molecule has 0 radical (unpaired) electrons. The predicted octanol–water partition coefficient (Wildman–Crippen LogP) is 4.08. The summed E-state index contributed by atoms with van der Waals surface area (Å²) in [5.41, 5.74) is 1.41. The summed E-state index contributed by atoms with van der Waals surface area (Å²) in [5, 5.41) is 5.78. The van der Waals surface area contributed by atoms with E-state index in [1.54, 1.807) is 20.8 Å². The summed E-state index contributed by atoms with van der Waals surface area (Å²) in [7, 11) is 0. The smallest absolute Gasteiger partial charge is 0.247 e. The Morgan fingerprint density at radius 1 is 1.11 bits per heavy atom. The standard InChI is InChI=1S/C29H35F2N3O3/c1-6-16(2)24-26(35)32-23(19-13-17-9-7-8-10-18(17)14-19)28(37)34(24)25(27(36)33-29(3,4)5)21-12-11-20(30)15-22(21)31/h7-12,15-16,19,23-25H,6,13-14H2,1-5H3,(H,32,35)(H,33,36)/t16-,23-,24-,25?/m1/s1. The van der Waals surface area contributed by atoms with Gasteiger partial charge in [-0.3, -0.25) is 14.4 Å². The summed E-state index contributed by atoms with van der Waals surface area (Å²) in [6.45, 7) is 9.05. The minimum atomic E-state index is -1.44. The Morgan fingerprint density at radius 2 is 1.73 bits per heavy atom. The van der Waals surface area contributed by atoms with Crippen molar-refractivity contribution in [1.82, 2.24) is 15.5 Å². The van der Waals surface area contributed by atoms with Crippen LogP contribution in [0.4, 0.5) is 8.78 Å². The first-order valence-corrected chi connectivity index (χ1v) is 12.9. The molecule has 6 nitrogen and oxygen atoms in total. The van der Waals surface area contributed by atoms with Crippen LogP contribution in [0.5, 0.6) is 0 Å².